The third kappa shape index (κ3) is 5.22. The highest BCUT2D eigenvalue weighted by Crippen LogP contribution is 2.44. The first-order chi connectivity index (χ1) is 30.2. The second-order valence-electron chi connectivity index (χ2n) is 15.3. The number of nitrogens with zero attached hydrogens (tertiary/aromatic N) is 5. The van der Waals surface area contributed by atoms with Crippen LogP contribution >= 0.6 is 0 Å². The first-order valence-electron chi connectivity index (χ1n) is 20.2. The molecule has 13 aromatic rings. The van der Waals surface area contributed by atoms with E-state index in [1.165, 1.54) is 0 Å². The molecule has 0 spiro atoms. The van der Waals surface area contributed by atoms with Crippen LogP contribution < -0.4 is 9.80 Å². The van der Waals surface area contributed by atoms with Gasteiger partial charge in [0.2, 0.25) is 11.7 Å². The Bertz CT molecular complexity index is 3620. The lowest BCUT2D eigenvalue weighted by atomic mass is 10.1. The van der Waals surface area contributed by atoms with E-state index in [1.54, 1.807) is 0 Å². The third-order valence-electron chi connectivity index (χ3n) is 11.8. The molecule has 0 aliphatic heterocycles. The molecule has 0 amide bonds. The summed E-state index contributed by atoms with van der Waals surface area (Å²) in [5.41, 5.74) is 8.03. The van der Waals surface area contributed by atoms with Gasteiger partial charge in [-0.15, -0.1) is 0 Å². The summed E-state index contributed by atoms with van der Waals surface area (Å²) in [6, 6.07) is 60.1. The standard InChI is InChI=1S/C53H31N5O3/c1-3-15-36-32(11-1)13-9-19-44(36)57(34-23-25-40-38-17-5-7-21-46(38)59-48(40)27-34)51-29-50-42(30-54-51)43-31-55-53(56-52(43)61-50)58(45-20-10-14-33-12-2-4-16-37(33)45)35-24-26-41-39-18-6-8-22-47(39)60-49(41)28-35/h1-31H. The van der Waals surface area contributed by atoms with Crippen molar-refractivity contribution in [3.8, 4) is 0 Å². The lowest BCUT2D eigenvalue weighted by Gasteiger charge is -2.25. The Morgan fingerprint density at radius 1 is 0.344 bits per heavy atom. The Labute approximate surface area is 347 Å². The molecule has 0 radical (unpaired) electrons. The largest absolute Gasteiger partial charge is 0.456 e. The van der Waals surface area contributed by atoms with Crippen molar-refractivity contribution in [3.63, 3.8) is 0 Å². The first-order valence-corrected chi connectivity index (χ1v) is 20.2. The summed E-state index contributed by atoms with van der Waals surface area (Å²) in [7, 11) is 0. The lowest BCUT2D eigenvalue weighted by molar-refractivity contribution is 0.652. The minimum Gasteiger partial charge on any atom is -0.456 e. The van der Waals surface area contributed by atoms with E-state index < -0.39 is 0 Å². The number of pyridine rings is 1. The van der Waals surface area contributed by atoms with Gasteiger partial charge in [-0.2, -0.15) is 4.98 Å². The molecule has 0 saturated carbocycles. The van der Waals surface area contributed by atoms with Crippen LogP contribution in [-0.4, -0.2) is 15.0 Å². The average molecular weight is 786 g/mol. The van der Waals surface area contributed by atoms with E-state index in [0.717, 1.165) is 98.9 Å². The molecule has 8 nitrogen and oxygen atoms in total. The molecule has 0 unspecified atom stereocenters. The van der Waals surface area contributed by atoms with Gasteiger partial charge in [-0.05, 0) is 59.3 Å². The molecule has 5 heterocycles. The molecular formula is C53H31N5O3. The lowest BCUT2D eigenvalue weighted by Crippen LogP contribution is -2.13. The minimum atomic E-state index is 0.453. The van der Waals surface area contributed by atoms with Crippen molar-refractivity contribution >= 4 is 122 Å². The van der Waals surface area contributed by atoms with Crippen LogP contribution in [0.4, 0.5) is 34.5 Å². The Balaban J connectivity index is 0.981. The highest BCUT2D eigenvalue weighted by molar-refractivity contribution is 6.09. The third-order valence-corrected chi connectivity index (χ3v) is 11.8. The van der Waals surface area contributed by atoms with Crippen LogP contribution in [0.3, 0.4) is 0 Å². The van der Waals surface area contributed by atoms with E-state index in [0.29, 0.717) is 23.1 Å². The maximum atomic E-state index is 6.69. The molecule has 0 N–H and O–H groups in total. The quantitative estimate of drug-likeness (QED) is 0.165. The van der Waals surface area contributed by atoms with Crippen LogP contribution in [0.25, 0.3) is 87.5 Å². The van der Waals surface area contributed by atoms with Crippen molar-refractivity contribution in [3.05, 3.63) is 188 Å². The SMILES string of the molecule is c1ccc2c(N(c3ccc4c(c3)oc3ccccc34)c3cc4oc5nc(N(c6ccc7c(c6)oc6ccccc67)c6cccc7ccccc67)ncc5c4cn3)cccc2c1. The maximum absolute atomic E-state index is 6.69. The topological polar surface area (TPSA) is 84.6 Å². The van der Waals surface area contributed by atoms with Crippen molar-refractivity contribution in [1.29, 1.82) is 0 Å². The fraction of sp³-hybridized carbons (Fsp3) is 0. The van der Waals surface area contributed by atoms with E-state index >= 15 is 0 Å². The molecule has 0 aliphatic carbocycles. The fourth-order valence-corrected chi connectivity index (χ4v) is 8.94. The van der Waals surface area contributed by atoms with Crippen molar-refractivity contribution in [2.75, 3.05) is 9.80 Å². The molecule has 0 bridgehead atoms. The monoisotopic (exact) mass is 785 g/mol. The molecule has 61 heavy (non-hydrogen) atoms. The summed E-state index contributed by atoms with van der Waals surface area (Å²) in [6.07, 6.45) is 3.69. The van der Waals surface area contributed by atoms with Crippen molar-refractivity contribution in [1.82, 2.24) is 15.0 Å². The second kappa shape index (κ2) is 13.0. The molecule has 0 aliphatic rings. The normalized spacial score (nSPS) is 11.9. The van der Waals surface area contributed by atoms with Gasteiger partial charge in [0.05, 0.1) is 33.5 Å². The molecule has 13 rings (SSSR count). The van der Waals surface area contributed by atoms with Gasteiger partial charge in [-0.1, -0.05) is 109 Å². The molecule has 5 aromatic heterocycles. The van der Waals surface area contributed by atoms with Crippen LogP contribution in [0.15, 0.2) is 202 Å². The average Bonchev–Trinajstić information content (AvgIpc) is 3.99. The van der Waals surface area contributed by atoms with Gasteiger partial charge in [-0.3, -0.25) is 9.80 Å². The predicted molar refractivity (Wildman–Crippen MR) is 246 cm³/mol. The second-order valence-corrected chi connectivity index (χ2v) is 15.3. The predicted octanol–water partition coefficient (Wildman–Crippen LogP) is 14.8. The summed E-state index contributed by atoms with van der Waals surface area (Å²) in [4.78, 5) is 19.5. The van der Waals surface area contributed by atoms with Crippen LogP contribution in [-0.2, 0) is 0 Å². The molecule has 0 fully saturated rings. The Morgan fingerprint density at radius 2 is 0.836 bits per heavy atom. The van der Waals surface area contributed by atoms with Crippen LogP contribution in [0, 0.1) is 0 Å². The zero-order valence-electron chi connectivity index (χ0n) is 32.4. The van der Waals surface area contributed by atoms with E-state index in [4.69, 9.17) is 28.2 Å². The zero-order chi connectivity index (χ0) is 40.0. The number of para-hydroxylation sites is 2. The van der Waals surface area contributed by atoms with Gasteiger partial charge in [0.15, 0.2) is 0 Å². The minimum absolute atomic E-state index is 0.453. The number of aromatic nitrogens is 3. The summed E-state index contributed by atoms with van der Waals surface area (Å²) < 4.78 is 19.4. The van der Waals surface area contributed by atoms with Gasteiger partial charge in [-0.25, -0.2) is 9.97 Å². The number of fused-ring (bicyclic) bond motifs is 11. The van der Waals surface area contributed by atoms with Crippen LogP contribution in [0.2, 0.25) is 0 Å². The van der Waals surface area contributed by atoms with Gasteiger partial charge in [0.25, 0.3) is 0 Å². The molecular weight excluding hydrogens is 755 g/mol. The van der Waals surface area contributed by atoms with Gasteiger partial charge >= 0.3 is 0 Å². The summed E-state index contributed by atoms with van der Waals surface area (Å²) >= 11 is 0. The summed E-state index contributed by atoms with van der Waals surface area (Å²) in [5.74, 6) is 1.14. The van der Waals surface area contributed by atoms with Gasteiger partial charge < -0.3 is 13.3 Å². The van der Waals surface area contributed by atoms with E-state index in [1.807, 2.05) is 54.9 Å². The molecule has 8 heteroatoms. The van der Waals surface area contributed by atoms with Gasteiger partial charge in [0.1, 0.15) is 33.7 Å². The number of benzene rings is 8. The highest BCUT2D eigenvalue weighted by Gasteiger charge is 2.24. The van der Waals surface area contributed by atoms with Gasteiger partial charge in [0, 0.05) is 62.9 Å². The Hall–Kier alpha value is -8.49. The Kier molecular flexibility index (Phi) is 7.14. The Morgan fingerprint density at radius 3 is 1.48 bits per heavy atom. The van der Waals surface area contributed by atoms with E-state index in [2.05, 4.69) is 143 Å². The number of furan rings is 3. The molecule has 8 aromatic carbocycles. The number of rotatable bonds is 6. The van der Waals surface area contributed by atoms with Crippen LogP contribution in [0.1, 0.15) is 0 Å². The smallest absolute Gasteiger partial charge is 0.237 e. The fourth-order valence-electron chi connectivity index (χ4n) is 8.94. The molecule has 0 atom stereocenters. The number of anilines is 6. The maximum Gasteiger partial charge on any atom is 0.237 e. The van der Waals surface area contributed by atoms with Crippen molar-refractivity contribution < 1.29 is 13.3 Å². The summed E-state index contributed by atoms with van der Waals surface area (Å²) in [6.45, 7) is 0. The van der Waals surface area contributed by atoms with E-state index in [9.17, 15) is 0 Å². The first kappa shape index (κ1) is 33.5. The summed E-state index contributed by atoms with van der Waals surface area (Å²) in [5, 5.41) is 10.2. The highest BCUT2D eigenvalue weighted by atomic mass is 16.3. The van der Waals surface area contributed by atoms with Crippen molar-refractivity contribution in [2.45, 2.75) is 0 Å². The van der Waals surface area contributed by atoms with Crippen LogP contribution in [0.5, 0.6) is 0 Å². The number of hydrogen-bond acceptors (Lipinski definition) is 8. The zero-order valence-corrected chi connectivity index (χ0v) is 32.4. The molecule has 0 saturated heterocycles. The molecule has 286 valence electrons. The number of hydrogen-bond donors (Lipinski definition) is 0. The van der Waals surface area contributed by atoms with E-state index in [-0.39, 0.29) is 0 Å². The van der Waals surface area contributed by atoms with Crippen molar-refractivity contribution in [2.24, 2.45) is 0 Å².